The highest BCUT2D eigenvalue weighted by atomic mass is 16.4. The molecule has 146 valence electrons. The van der Waals surface area contributed by atoms with Gasteiger partial charge >= 0.3 is 0 Å². The van der Waals surface area contributed by atoms with E-state index in [0.29, 0.717) is 5.56 Å². The summed E-state index contributed by atoms with van der Waals surface area (Å²) < 4.78 is 0. The molecule has 2 heterocycles. The predicted octanol–water partition coefficient (Wildman–Crippen LogP) is -0.445. The number of nitrogens with two attached hydrogens (primary N) is 1. The third kappa shape index (κ3) is 2.81. The number of carboxylic acid groups (broad SMARTS) is 1. The van der Waals surface area contributed by atoms with Crippen molar-refractivity contribution in [3.8, 4) is 5.75 Å². The number of rotatable bonds is 5. The second kappa shape index (κ2) is 6.64. The quantitative estimate of drug-likeness (QED) is 0.678. The van der Waals surface area contributed by atoms with Crippen molar-refractivity contribution in [2.24, 2.45) is 17.8 Å². The topological polar surface area (TPSA) is 114 Å². The van der Waals surface area contributed by atoms with Gasteiger partial charge in [0.05, 0.1) is 5.56 Å². The fraction of sp³-hybridized carbons (Fsp3) is 0.550. The number of para-hydroxylation sites is 1. The SMILES string of the molecule is CC(C)C[C@@]1(C(=O)[O-])[NH2+][C@@H](c2ccccc2O)[C@H]2C(=O)N(C(C)C)C(=O)[C@@H]21. The molecule has 2 saturated heterocycles. The minimum absolute atomic E-state index is 0.0144. The van der Waals surface area contributed by atoms with E-state index in [-0.39, 0.29) is 30.0 Å². The maximum atomic E-state index is 13.1. The lowest BCUT2D eigenvalue weighted by molar-refractivity contribution is -0.740. The molecule has 0 aromatic heterocycles. The fourth-order valence-corrected chi connectivity index (χ4v) is 4.86. The molecule has 1 aromatic rings. The van der Waals surface area contributed by atoms with Gasteiger partial charge in [0, 0.05) is 12.5 Å². The minimum atomic E-state index is -1.54. The highest BCUT2D eigenvalue weighted by Crippen LogP contribution is 2.47. The number of phenols is 1. The number of aromatic hydroxyl groups is 1. The summed E-state index contributed by atoms with van der Waals surface area (Å²) in [5.41, 5.74) is -1.08. The molecule has 0 saturated carbocycles. The Balaban J connectivity index is 2.19. The van der Waals surface area contributed by atoms with Crippen LogP contribution in [0.1, 0.15) is 45.7 Å². The maximum absolute atomic E-state index is 13.1. The molecule has 7 nitrogen and oxygen atoms in total. The lowest BCUT2D eigenvalue weighted by Crippen LogP contribution is -2.99. The highest BCUT2D eigenvalue weighted by Gasteiger charge is 2.70. The number of carbonyl (C=O) groups excluding carboxylic acids is 3. The van der Waals surface area contributed by atoms with Gasteiger partial charge in [0.1, 0.15) is 35.1 Å². The number of hydrogen-bond donors (Lipinski definition) is 2. The molecule has 0 spiro atoms. The van der Waals surface area contributed by atoms with Crippen LogP contribution < -0.4 is 10.4 Å². The Bertz CT molecular complexity index is 790. The zero-order valence-electron chi connectivity index (χ0n) is 16.0. The zero-order chi connectivity index (χ0) is 20.1. The summed E-state index contributed by atoms with van der Waals surface area (Å²) in [6.07, 6.45) is 0.200. The fourth-order valence-electron chi connectivity index (χ4n) is 4.86. The number of phenolic OH excluding ortho intramolecular Hbond substituents is 1. The smallest absolute Gasteiger partial charge is 0.240 e. The molecular formula is C20H26N2O5. The molecule has 7 heteroatoms. The van der Waals surface area contributed by atoms with Crippen molar-refractivity contribution in [3.63, 3.8) is 0 Å². The van der Waals surface area contributed by atoms with Crippen LogP contribution in [0.3, 0.4) is 0 Å². The zero-order valence-corrected chi connectivity index (χ0v) is 16.0. The maximum Gasteiger partial charge on any atom is 0.240 e. The van der Waals surface area contributed by atoms with Crippen LogP contribution in [0.4, 0.5) is 0 Å². The van der Waals surface area contributed by atoms with Crippen molar-refractivity contribution in [3.05, 3.63) is 29.8 Å². The summed E-state index contributed by atoms with van der Waals surface area (Å²) in [7, 11) is 0. The van der Waals surface area contributed by atoms with Crippen LogP contribution in [0.25, 0.3) is 0 Å². The van der Waals surface area contributed by atoms with Crippen LogP contribution in [0.15, 0.2) is 24.3 Å². The van der Waals surface area contributed by atoms with Crippen molar-refractivity contribution < 1.29 is 29.9 Å². The Kier molecular flexibility index (Phi) is 4.76. The number of carboxylic acids is 1. The first kappa shape index (κ1) is 19.4. The van der Waals surface area contributed by atoms with Gasteiger partial charge in [0.25, 0.3) is 0 Å². The molecular weight excluding hydrogens is 348 g/mol. The van der Waals surface area contributed by atoms with Gasteiger partial charge in [-0.25, -0.2) is 0 Å². The molecule has 27 heavy (non-hydrogen) atoms. The number of fused-ring (bicyclic) bond motifs is 1. The van der Waals surface area contributed by atoms with Crippen molar-refractivity contribution in [1.82, 2.24) is 4.90 Å². The number of carbonyl (C=O) groups is 3. The summed E-state index contributed by atoms with van der Waals surface area (Å²) >= 11 is 0. The van der Waals surface area contributed by atoms with E-state index in [9.17, 15) is 24.6 Å². The van der Waals surface area contributed by atoms with Crippen molar-refractivity contribution in [2.75, 3.05) is 0 Å². The Labute approximate surface area is 158 Å². The van der Waals surface area contributed by atoms with Gasteiger partial charge < -0.3 is 20.3 Å². The van der Waals surface area contributed by atoms with E-state index in [1.165, 1.54) is 11.0 Å². The molecule has 0 unspecified atom stereocenters. The molecule has 2 fully saturated rings. The molecule has 2 aliphatic heterocycles. The van der Waals surface area contributed by atoms with Crippen LogP contribution in [-0.4, -0.2) is 39.4 Å². The van der Waals surface area contributed by atoms with Crippen molar-refractivity contribution in [2.45, 2.75) is 51.7 Å². The number of quaternary nitrogens is 1. The largest absolute Gasteiger partial charge is 0.544 e. The van der Waals surface area contributed by atoms with Crippen molar-refractivity contribution in [1.29, 1.82) is 0 Å². The minimum Gasteiger partial charge on any atom is -0.544 e. The summed E-state index contributed by atoms with van der Waals surface area (Å²) in [4.78, 5) is 39.7. The second-order valence-electron chi connectivity index (χ2n) is 8.32. The average Bonchev–Trinajstić information content (AvgIpc) is 3.03. The van der Waals surface area contributed by atoms with E-state index >= 15 is 0 Å². The molecule has 4 atom stereocenters. The third-order valence-electron chi connectivity index (χ3n) is 5.74. The van der Waals surface area contributed by atoms with E-state index in [1.54, 1.807) is 37.4 Å². The molecule has 3 rings (SSSR count). The number of imide groups is 1. The van der Waals surface area contributed by atoms with E-state index in [1.807, 2.05) is 13.8 Å². The Morgan fingerprint density at radius 2 is 1.85 bits per heavy atom. The monoisotopic (exact) mass is 374 g/mol. The summed E-state index contributed by atoms with van der Waals surface area (Å²) in [5, 5.41) is 24.2. The highest BCUT2D eigenvalue weighted by molar-refractivity contribution is 6.08. The van der Waals surface area contributed by atoms with Crippen LogP contribution in [0.2, 0.25) is 0 Å². The van der Waals surface area contributed by atoms with E-state index in [4.69, 9.17) is 0 Å². The molecule has 3 N–H and O–H groups in total. The van der Waals surface area contributed by atoms with Gasteiger partial charge in [-0.2, -0.15) is 0 Å². The molecule has 0 aliphatic carbocycles. The molecule has 1 aromatic carbocycles. The van der Waals surface area contributed by atoms with Gasteiger partial charge in [-0.3, -0.25) is 14.5 Å². The normalized spacial score (nSPS) is 30.4. The summed E-state index contributed by atoms with van der Waals surface area (Å²) in [6, 6.07) is 5.53. The lowest BCUT2D eigenvalue weighted by atomic mass is 9.75. The summed E-state index contributed by atoms with van der Waals surface area (Å²) in [5.74, 6) is -4.06. The van der Waals surface area contributed by atoms with Gasteiger partial charge in [-0.15, -0.1) is 0 Å². The lowest BCUT2D eigenvalue weighted by Gasteiger charge is -2.34. The number of nitrogens with zero attached hydrogens (tertiary/aromatic N) is 1. The molecule has 0 radical (unpaired) electrons. The number of likely N-dealkylation sites (tertiary alicyclic amines) is 1. The first-order valence-corrected chi connectivity index (χ1v) is 9.34. The Hall–Kier alpha value is -2.41. The number of hydrogen-bond acceptors (Lipinski definition) is 5. The van der Waals surface area contributed by atoms with Crippen molar-refractivity contribution >= 4 is 17.8 Å². The van der Waals surface area contributed by atoms with E-state index < -0.39 is 35.3 Å². The number of amides is 2. The predicted molar refractivity (Wildman–Crippen MR) is 93.9 cm³/mol. The van der Waals surface area contributed by atoms with E-state index in [0.717, 1.165) is 0 Å². The standard InChI is InChI=1S/C20H26N2O5/c1-10(2)9-20(19(26)27)15-14(17(24)22(11(3)4)18(15)25)16(21-20)12-7-5-6-8-13(12)23/h5-8,10-11,14-16,21,23H,9H2,1-4H3,(H,26,27)/t14-,15+,16-,20+/m0/s1. The van der Waals surface area contributed by atoms with E-state index in [2.05, 4.69) is 0 Å². The Morgan fingerprint density at radius 1 is 1.22 bits per heavy atom. The van der Waals surface area contributed by atoms with Gasteiger partial charge in [-0.1, -0.05) is 26.0 Å². The third-order valence-corrected chi connectivity index (χ3v) is 5.74. The number of benzene rings is 1. The first-order valence-electron chi connectivity index (χ1n) is 9.34. The molecule has 0 bridgehead atoms. The second-order valence-corrected chi connectivity index (χ2v) is 8.32. The van der Waals surface area contributed by atoms with Crippen LogP contribution in [0, 0.1) is 17.8 Å². The molecule has 2 amide bonds. The molecule has 2 aliphatic rings. The van der Waals surface area contributed by atoms with Gasteiger partial charge in [0.2, 0.25) is 11.8 Å². The Morgan fingerprint density at radius 3 is 2.37 bits per heavy atom. The summed E-state index contributed by atoms with van der Waals surface area (Å²) in [6.45, 7) is 7.22. The van der Waals surface area contributed by atoms with Gasteiger partial charge in [-0.05, 0) is 31.9 Å². The average molecular weight is 374 g/mol. The van der Waals surface area contributed by atoms with Gasteiger partial charge in [0.15, 0.2) is 0 Å². The van der Waals surface area contributed by atoms with Crippen LogP contribution in [0.5, 0.6) is 5.75 Å². The number of aliphatic carboxylic acids is 1. The van der Waals surface area contributed by atoms with Crippen LogP contribution in [-0.2, 0) is 14.4 Å². The first-order chi connectivity index (χ1) is 12.6. The van der Waals surface area contributed by atoms with Crippen LogP contribution >= 0.6 is 0 Å².